The van der Waals surface area contributed by atoms with E-state index in [0.29, 0.717) is 12.3 Å². The van der Waals surface area contributed by atoms with Crippen LogP contribution in [-0.4, -0.2) is 29.7 Å². The van der Waals surface area contributed by atoms with Gasteiger partial charge in [-0.3, -0.25) is 9.89 Å². The maximum atomic E-state index is 11.8. The van der Waals surface area contributed by atoms with Crippen LogP contribution in [0.25, 0.3) is 0 Å². The Morgan fingerprint density at radius 1 is 1.50 bits per heavy atom. The first-order valence-electron chi connectivity index (χ1n) is 6.38. The van der Waals surface area contributed by atoms with Crippen molar-refractivity contribution in [3.05, 3.63) is 22.1 Å². The highest BCUT2D eigenvalue weighted by Gasteiger charge is 2.30. The van der Waals surface area contributed by atoms with E-state index in [1.807, 2.05) is 0 Å². The summed E-state index contributed by atoms with van der Waals surface area (Å²) in [6.07, 6.45) is 2.38. The second-order valence-corrected chi connectivity index (χ2v) is 7.71. The first-order chi connectivity index (χ1) is 8.37. The van der Waals surface area contributed by atoms with Crippen LogP contribution in [0.15, 0.2) is 10.9 Å². The zero-order valence-electron chi connectivity index (χ0n) is 10.8. The number of aryl methyl sites for hydroxylation is 1. The number of sulfone groups is 1. The molecule has 0 unspecified atom stereocenters. The van der Waals surface area contributed by atoms with Crippen molar-refractivity contribution >= 4 is 9.84 Å². The van der Waals surface area contributed by atoms with E-state index in [0.717, 1.165) is 18.5 Å². The van der Waals surface area contributed by atoms with Gasteiger partial charge in [0.2, 0.25) is 0 Å². The Morgan fingerprint density at radius 3 is 2.78 bits per heavy atom. The van der Waals surface area contributed by atoms with Crippen molar-refractivity contribution < 1.29 is 8.42 Å². The highest BCUT2D eigenvalue weighted by atomic mass is 32.2. The van der Waals surface area contributed by atoms with Crippen molar-refractivity contribution in [1.29, 1.82) is 0 Å². The molecule has 0 aliphatic carbocycles. The van der Waals surface area contributed by atoms with Gasteiger partial charge < -0.3 is 0 Å². The molecule has 1 aromatic rings. The molecule has 1 atom stereocenters. The molecule has 18 heavy (non-hydrogen) atoms. The third-order valence-electron chi connectivity index (χ3n) is 3.36. The lowest BCUT2D eigenvalue weighted by molar-refractivity contribution is 0.478. The third kappa shape index (κ3) is 3.04. The van der Waals surface area contributed by atoms with Gasteiger partial charge in [0.25, 0.3) is 5.56 Å². The smallest absolute Gasteiger partial charge is 0.266 e. The van der Waals surface area contributed by atoms with Crippen LogP contribution in [0.3, 0.4) is 0 Å². The third-order valence-corrected chi connectivity index (χ3v) is 5.11. The lowest BCUT2D eigenvalue weighted by Crippen LogP contribution is -2.22. The highest BCUT2D eigenvalue weighted by molar-refractivity contribution is 7.91. The number of nitrogens with one attached hydrogen (secondary N) is 1. The molecule has 1 aromatic heterocycles. The SMILES string of the molecule is CC(C)CCc1cc(=O)n([C@@H]2CCS(=O)(=O)C2)[nH]1. The molecule has 1 saturated heterocycles. The van der Waals surface area contributed by atoms with Crippen LogP contribution in [0.1, 0.15) is 38.4 Å². The molecule has 1 fully saturated rings. The lowest BCUT2D eigenvalue weighted by Gasteiger charge is -2.08. The van der Waals surface area contributed by atoms with E-state index in [1.165, 1.54) is 4.68 Å². The summed E-state index contributed by atoms with van der Waals surface area (Å²) in [6.45, 7) is 4.28. The topological polar surface area (TPSA) is 71.9 Å². The summed E-state index contributed by atoms with van der Waals surface area (Å²) >= 11 is 0. The largest absolute Gasteiger partial charge is 0.299 e. The number of rotatable bonds is 4. The molecule has 1 aliphatic rings. The van der Waals surface area contributed by atoms with Crippen molar-refractivity contribution in [3.8, 4) is 0 Å². The van der Waals surface area contributed by atoms with Gasteiger partial charge in [-0.15, -0.1) is 0 Å². The van der Waals surface area contributed by atoms with Crippen LogP contribution in [0.5, 0.6) is 0 Å². The summed E-state index contributed by atoms with van der Waals surface area (Å²) < 4.78 is 24.3. The van der Waals surface area contributed by atoms with Crippen molar-refractivity contribution in [2.45, 2.75) is 39.2 Å². The fraction of sp³-hybridized carbons (Fsp3) is 0.750. The second-order valence-electron chi connectivity index (χ2n) is 5.48. The normalized spacial score (nSPS) is 22.7. The summed E-state index contributed by atoms with van der Waals surface area (Å²) in [6, 6.07) is 1.38. The van der Waals surface area contributed by atoms with Crippen LogP contribution >= 0.6 is 0 Å². The summed E-state index contributed by atoms with van der Waals surface area (Å²) in [7, 11) is -2.96. The van der Waals surface area contributed by atoms with E-state index in [-0.39, 0.29) is 23.1 Å². The molecular formula is C12H20N2O3S. The number of aromatic nitrogens is 2. The Bertz CT molecular complexity index is 568. The van der Waals surface area contributed by atoms with Gasteiger partial charge in [-0.2, -0.15) is 0 Å². The summed E-state index contributed by atoms with van der Waals surface area (Å²) in [4.78, 5) is 11.8. The zero-order chi connectivity index (χ0) is 13.3. The van der Waals surface area contributed by atoms with Crippen molar-refractivity contribution in [2.24, 2.45) is 5.92 Å². The number of hydrogen-bond acceptors (Lipinski definition) is 3. The van der Waals surface area contributed by atoms with Gasteiger partial charge in [0.05, 0.1) is 17.5 Å². The number of aromatic amines is 1. The average molecular weight is 272 g/mol. The molecule has 1 aliphatic heterocycles. The van der Waals surface area contributed by atoms with Crippen LogP contribution in [-0.2, 0) is 16.3 Å². The van der Waals surface area contributed by atoms with Crippen LogP contribution in [0.2, 0.25) is 0 Å². The fourth-order valence-corrected chi connectivity index (χ4v) is 3.98. The summed E-state index contributed by atoms with van der Waals surface area (Å²) in [5.74, 6) is 0.852. The minimum absolute atomic E-state index is 0.0804. The Hall–Kier alpha value is -1.04. The second kappa shape index (κ2) is 4.91. The van der Waals surface area contributed by atoms with Crippen molar-refractivity contribution in [1.82, 2.24) is 9.78 Å². The molecule has 0 radical (unpaired) electrons. The molecular weight excluding hydrogens is 252 g/mol. The molecule has 102 valence electrons. The zero-order valence-corrected chi connectivity index (χ0v) is 11.7. The van der Waals surface area contributed by atoms with E-state index >= 15 is 0 Å². The maximum absolute atomic E-state index is 11.8. The molecule has 2 rings (SSSR count). The van der Waals surface area contributed by atoms with Crippen LogP contribution in [0, 0.1) is 5.92 Å². The highest BCUT2D eigenvalue weighted by Crippen LogP contribution is 2.21. The molecule has 0 saturated carbocycles. The van der Waals surface area contributed by atoms with Crippen LogP contribution in [0.4, 0.5) is 0 Å². The van der Waals surface area contributed by atoms with Gasteiger partial charge >= 0.3 is 0 Å². The van der Waals surface area contributed by atoms with Gasteiger partial charge in [0, 0.05) is 11.8 Å². The molecule has 0 spiro atoms. The first kappa shape index (κ1) is 13.4. The minimum atomic E-state index is -2.96. The standard InChI is InChI=1S/C12H20N2O3S/c1-9(2)3-4-10-7-12(15)14(13-10)11-5-6-18(16,17)8-11/h7,9,11,13H,3-6,8H2,1-2H3/t11-/m1/s1. The first-order valence-corrected chi connectivity index (χ1v) is 8.20. The molecule has 0 bridgehead atoms. The number of hydrogen-bond donors (Lipinski definition) is 1. The Labute approximate surface area is 107 Å². The Kier molecular flexibility index (Phi) is 3.66. The summed E-state index contributed by atoms with van der Waals surface area (Å²) in [5.41, 5.74) is 0.786. The maximum Gasteiger partial charge on any atom is 0.266 e. The lowest BCUT2D eigenvalue weighted by atomic mass is 10.1. The van der Waals surface area contributed by atoms with Gasteiger partial charge in [-0.25, -0.2) is 13.1 Å². The van der Waals surface area contributed by atoms with Crippen molar-refractivity contribution in [2.75, 3.05) is 11.5 Å². The van der Waals surface area contributed by atoms with E-state index in [4.69, 9.17) is 0 Å². The molecule has 2 heterocycles. The minimum Gasteiger partial charge on any atom is -0.299 e. The van der Waals surface area contributed by atoms with E-state index in [9.17, 15) is 13.2 Å². The van der Waals surface area contributed by atoms with Crippen LogP contribution < -0.4 is 5.56 Å². The Balaban J connectivity index is 2.13. The monoisotopic (exact) mass is 272 g/mol. The van der Waals surface area contributed by atoms with E-state index in [2.05, 4.69) is 18.9 Å². The molecule has 0 amide bonds. The van der Waals surface area contributed by atoms with E-state index < -0.39 is 9.84 Å². The Morgan fingerprint density at radius 2 is 2.22 bits per heavy atom. The fourth-order valence-electron chi connectivity index (χ4n) is 2.28. The average Bonchev–Trinajstić information content (AvgIpc) is 2.78. The number of H-pyrrole nitrogens is 1. The van der Waals surface area contributed by atoms with Gasteiger partial charge in [0.1, 0.15) is 0 Å². The molecule has 1 N–H and O–H groups in total. The molecule has 0 aromatic carbocycles. The van der Waals surface area contributed by atoms with Gasteiger partial charge in [0.15, 0.2) is 9.84 Å². The van der Waals surface area contributed by atoms with E-state index in [1.54, 1.807) is 6.07 Å². The van der Waals surface area contributed by atoms with Gasteiger partial charge in [-0.05, 0) is 25.2 Å². The molecule has 5 nitrogen and oxygen atoms in total. The summed E-state index contributed by atoms with van der Waals surface area (Å²) in [5, 5.41) is 3.06. The predicted molar refractivity (Wildman–Crippen MR) is 70.5 cm³/mol. The quantitative estimate of drug-likeness (QED) is 0.893. The van der Waals surface area contributed by atoms with Crippen molar-refractivity contribution in [3.63, 3.8) is 0 Å². The predicted octanol–water partition coefficient (Wildman–Crippen LogP) is 1.12. The molecule has 6 heteroatoms. The van der Waals surface area contributed by atoms with Gasteiger partial charge in [-0.1, -0.05) is 13.8 Å². The number of nitrogens with zero attached hydrogens (tertiary/aromatic N) is 1.